The monoisotopic (exact) mass is 476 g/mol. The van der Waals surface area contributed by atoms with E-state index < -0.39 is 0 Å². The van der Waals surface area contributed by atoms with E-state index in [2.05, 4.69) is 10.2 Å². The maximum absolute atomic E-state index is 13.5. The quantitative estimate of drug-likeness (QED) is 0.310. The second-order valence-corrected chi connectivity index (χ2v) is 8.47. The van der Waals surface area contributed by atoms with Gasteiger partial charge in [0, 0.05) is 24.3 Å². The van der Waals surface area contributed by atoms with Gasteiger partial charge in [-0.2, -0.15) is 0 Å². The molecule has 34 heavy (non-hydrogen) atoms. The summed E-state index contributed by atoms with van der Waals surface area (Å²) in [6.07, 6.45) is 0. The van der Waals surface area contributed by atoms with Gasteiger partial charge in [-0.25, -0.2) is 4.39 Å². The molecule has 174 valence electrons. The molecule has 0 saturated heterocycles. The third-order valence-electron chi connectivity index (χ3n) is 5.32. The molecule has 1 heterocycles. The van der Waals surface area contributed by atoms with Gasteiger partial charge < -0.3 is 9.64 Å². The van der Waals surface area contributed by atoms with Crippen LogP contribution in [0.25, 0.3) is 17.1 Å². The van der Waals surface area contributed by atoms with Crippen LogP contribution >= 0.6 is 11.8 Å². The minimum atomic E-state index is -0.308. The van der Waals surface area contributed by atoms with Crippen molar-refractivity contribution in [2.75, 3.05) is 19.4 Å². The van der Waals surface area contributed by atoms with E-state index in [1.54, 1.807) is 18.1 Å². The molecule has 0 bridgehead atoms. The number of rotatable bonds is 9. The smallest absolute Gasteiger partial charge is 0.233 e. The summed E-state index contributed by atoms with van der Waals surface area (Å²) >= 11 is 1.33. The molecule has 8 heteroatoms. The van der Waals surface area contributed by atoms with Crippen LogP contribution in [0.5, 0.6) is 5.75 Å². The van der Waals surface area contributed by atoms with E-state index in [4.69, 9.17) is 4.74 Å². The van der Waals surface area contributed by atoms with Gasteiger partial charge in [-0.05, 0) is 61.0 Å². The fraction of sp³-hybridized carbons (Fsp3) is 0.192. The largest absolute Gasteiger partial charge is 0.497 e. The zero-order valence-corrected chi connectivity index (χ0v) is 19.8. The number of nitrogens with zero attached hydrogens (tertiary/aromatic N) is 4. The SMILES string of the molecule is CCN(Cc1cccc(F)c1)C(=O)CSc1nnc(-c2ccc(OC)cc2)n1-c1ccccc1. The molecule has 3 aromatic carbocycles. The van der Waals surface area contributed by atoms with E-state index >= 15 is 0 Å². The molecule has 0 fully saturated rings. The minimum Gasteiger partial charge on any atom is -0.497 e. The fourth-order valence-corrected chi connectivity index (χ4v) is 4.40. The van der Waals surface area contributed by atoms with Crippen molar-refractivity contribution in [3.8, 4) is 22.8 Å². The van der Waals surface area contributed by atoms with Gasteiger partial charge in [0.25, 0.3) is 0 Å². The summed E-state index contributed by atoms with van der Waals surface area (Å²) in [5.41, 5.74) is 2.55. The van der Waals surface area contributed by atoms with Crippen molar-refractivity contribution >= 4 is 17.7 Å². The minimum absolute atomic E-state index is 0.0506. The van der Waals surface area contributed by atoms with Gasteiger partial charge in [0.1, 0.15) is 11.6 Å². The van der Waals surface area contributed by atoms with Crippen LogP contribution in [-0.2, 0) is 11.3 Å². The molecular weight excluding hydrogens is 451 g/mol. The van der Waals surface area contributed by atoms with Crippen LogP contribution < -0.4 is 4.74 Å². The predicted octanol–water partition coefficient (Wildman–Crippen LogP) is 5.22. The van der Waals surface area contributed by atoms with Crippen molar-refractivity contribution in [1.29, 1.82) is 0 Å². The number of ether oxygens (including phenoxy) is 1. The molecule has 1 amide bonds. The molecule has 0 spiro atoms. The fourth-order valence-electron chi connectivity index (χ4n) is 3.55. The lowest BCUT2D eigenvalue weighted by Gasteiger charge is -2.21. The summed E-state index contributed by atoms with van der Waals surface area (Å²) in [4.78, 5) is 14.7. The van der Waals surface area contributed by atoms with E-state index in [1.807, 2.05) is 72.2 Å². The third-order valence-corrected chi connectivity index (χ3v) is 6.23. The van der Waals surface area contributed by atoms with Gasteiger partial charge >= 0.3 is 0 Å². The molecule has 4 rings (SSSR count). The highest BCUT2D eigenvalue weighted by Crippen LogP contribution is 2.29. The Balaban J connectivity index is 1.56. The summed E-state index contributed by atoms with van der Waals surface area (Å²) in [5, 5.41) is 9.43. The Kier molecular flexibility index (Phi) is 7.59. The summed E-state index contributed by atoms with van der Waals surface area (Å²) in [6, 6.07) is 23.7. The normalized spacial score (nSPS) is 10.8. The van der Waals surface area contributed by atoms with Gasteiger partial charge in [-0.3, -0.25) is 9.36 Å². The average Bonchev–Trinajstić information content (AvgIpc) is 3.30. The number of aromatic nitrogens is 3. The van der Waals surface area contributed by atoms with Crippen LogP contribution in [-0.4, -0.2) is 45.0 Å². The molecule has 0 saturated carbocycles. The summed E-state index contributed by atoms with van der Waals surface area (Å²) < 4.78 is 20.8. The van der Waals surface area contributed by atoms with Crippen molar-refractivity contribution in [2.24, 2.45) is 0 Å². The summed E-state index contributed by atoms with van der Waals surface area (Å²) in [6.45, 7) is 2.80. The highest BCUT2D eigenvalue weighted by molar-refractivity contribution is 7.99. The number of carbonyl (C=O) groups excluding carboxylic acids is 1. The highest BCUT2D eigenvalue weighted by Gasteiger charge is 2.19. The second-order valence-electron chi connectivity index (χ2n) is 7.53. The lowest BCUT2D eigenvalue weighted by molar-refractivity contribution is -0.128. The molecular formula is C26H25FN4O2S. The number of hydrogen-bond donors (Lipinski definition) is 0. The lowest BCUT2D eigenvalue weighted by atomic mass is 10.2. The number of amides is 1. The summed E-state index contributed by atoms with van der Waals surface area (Å²) in [5.74, 6) is 1.27. The van der Waals surface area contributed by atoms with E-state index in [-0.39, 0.29) is 17.5 Å². The van der Waals surface area contributed by atoms with Crippen LogP contribution in [0.4, 0.5) is 4.39 Å². The molecule has 6 nitrogen and oxygen atoms in total. The van der Waals surface area contributed by atoms with E-state index in [0.717, 1.165) is 22.6 Å². The van der Waals surface area contributed by atoms with Crippen molar-refractivity contribution in [1.82, 2.24) is 19.7 Å². The number of benzene rings is 3. The molecule has 0 aliphatic rings. The standard InChI is InChI=1S/C26H25FN4O2S/c1-3-30(17-19-8-7-9-21(27)16-19)24(32)18-34-26-29-28-25(20-12-14-23(33-2)15-13-20)31(26)22-10-5-4-6-11-22/h4-16H,3,17-18H2,1-2H3. The molecule has 4 aromatic rings. The number of halogens is 1. The molecule has 1 aromatic heterocycles. The second kappa shape index (κ2) is 11.0. The van der Waals surface area contributed by atoms with Crippen molar-refractivity contribution in [2.45, 2.75) is 18.6 Å². The maximum Gasteiger partial charge on any atom is 0.233 e. The topological polar surface area (TPSA) is 60.3 Å². The highest BCUT2D eigenvalue weighted by atomic mass is 32.2. The van der Waals surface area contributed by atoms with Crippen LogP contribution in [0.15, 0.2) is 84.0 Å². The first-order valence-corrected chi connectivity index (χ1v) is 11.9. The van der Waals surface area contributed by atoms with Crippen molar-refractivity contribution in [3.05, 3.63) is 90.2 Å². The van der Waals surface area contributed by atoms with Crippen LogP contribution in [0, 0.1) is 5.82 Å². The number of thioether (sulfide) groups is 1. The Morgan fingerprint density at radius 2 is 1.79 bits per heavy atom. The molecule has 0 N–H and O–H groups in total. The number of carbonyl (C=O) groups is 1. The van der Waals surface area contributed by atoms with Crippen molar-refractivity contribution < 1.29 is 13.9 Å². The van der Waals surface area contributed by atoms with Crippen LogP contribution in [0.2, 0.25) is 0 Å². The Bertz CT molecular complexity index is 1250. The zero-order valence-electron chi connectivity index (χ0n) is 19.0. The molecule has 0 aliphatic carbocycles. The van der Waals surface area contributed by atoms with Gasteiger partial charge in [-0.15, -0.1) is 10.2 Å². The van der Waals surface area contributed by atoms with Gasteiger partial charge in [0.15, 0.2) is 11.0 Å². The van der Waals surface area contributed by atoms with E-state index in [0.29, 0.717) is 24.1 Å². The lowest BCUT2D eigenvalue weighted by Crippen LogP contribution is -2.31. The third kappa shape index (κ3) is 5.46. The van der Waals surface area contributed by atoms with E-state index in [9.17, 15) is 9.18 Å². The Labute approximate surface area is 202 Å². The molecule has 0 unspecified atom stereocenters. The van der Waals surface area contributed by atoms with Gasteiger partial charge in [0.2, 0.25) is 5.91 Å². The van der Waals surface area contributed by atoms with Crippen molar-refractivity contribution in [3.63, 3.8) is 0 Å². The van der Waals surface area contributed by atoms with Gasteiger partial charge in [-0.1, -0.05) is 42.1 Å². The maximum atomic E-state index is 13.5. The van der Waals surface area contributed by atoms with Crippen LogP contribution in [0.1, 0.15) is 12.5 Å². The van der Waals surface area contributed by atoms with Gasteiger partial charge in [0.05, 0.1) is 12.9 Å². The number of hydrogen-bond acceptors (Lipinski definition) is 5. The number of methoxy groups -OCH3 is 1. The zero-order chi connectivity index (χ0) is 23.9. The predicted molar refractivity (Wildman–Crippen MR) is 132 cm³/mol. The Morgan fingerprint density at radius 3 is 2.47 bits per heavy atom. The van der Waals surface area contributed by atoms with Crippen LogP contribution in [0.3, 0.4) is 0 Å². The molecule has 0 radical (unpaired) electrons. The number of para-hydroxylation sites is 1. The Morgan fingerprint density at radius 1 is 1.03 bits per heavy atom. The first-order valence-electron chi connectivity index (χ1n) is 10.9. The molecule has 0 aliphatic heterocycles. The first-order chi connectivity index (χ1) is 16.6. The Hall–Kier alpha value is -3.65. The summed E-state index contributed by atoms with van der Waals surface area (Å²) in [7, 11) is 1.63. The first kappa shape index (κ1) is 23.5. The molecule has 0 atom stereocenters. The average molecular weight is 477 g/mol. The van der Waals surface area contributed by atoms with E-state index in [1.165, 1.54) is 23.9 Å².